The molecule has 0 aromatic heterocycles. The fourth-order valence-electron chi connectivity index (χ4n) is 1.11. The second-order valence-electron chi connectivity index (χ2n) is 3.23. The van der Waals surface area contributed by atoms with E-state index in [4.69, 9.17) is 5.11 Å². The first kappa shape index (κ1) is 8.27. The Morgan fingerprint density at radius 3 is 2.55 bits per heavy atom. The summed E-state index contributed by atoms with van der Waals surface area (Å²) in [7, 11) is 0. The van der Waals surface area contributed by atoms with Gasteiger partial charge in [0, 0.05) is 0 Å². The minimum atomic E-state index is -1.36. The van der Waals surface area contributed by atoms with E-state index in [0.29, 0.717) is 18.4 Å². The van der Waals surface area contributed by atoms with Crippen LogP contribution in [-0.2, 0) is 4.79 Å². The van der Waals surface area contributed by atoms with Crippen LogP contribution in [0.1, 0.15) is 26.7 Å². The fraction of sp³-hybridized carbons (Fsp3) is 0.625. The van der Waals surface area contributed by atoms with E-state index in [1.807, 2.05) is 0 Å². The smallest absolute Gasteiger partial charge is 0.228 e. The average Bonchev–Trinajstić information content (AvgIpc) is 1.95. The summed E-state index contributed by atoms with van der Waals surface area (Å²) in [6.45, 7) is 3.13. The van der Waals surface area contributed by atoms with Crippen LogP contribution in [-0.4, -0.2) is 21.6 Å². The molecule has 2 N–H and O–H groups in total. The number of allylic oxidation sites excluding steroid dienone is 1. The van der Waals surface area contributed by atoms with Gasteiger partial charge in [-0.3, -0.25) is 4.79 Å². The Hall–Kier alpha value is -0.830. The predicted octanol–water partition coefficient (Wildman–Crippen LogP) is 0.932. The highest BCUT2D eigenvalue weighted by Crippen LogP contribution is 2.27. The summed E-state index contributed by atoms with van der Waals surface area (Å²) < 4.78 is 0. The van der Waals surface area contributed by atoms with Gasteiger partial charge in [-0.05, 0) is 32.3 Å². The molecule has 1 aliphatic carbocycles. The molecule has 0 spiro atoms. The van der Waals surface area contributed by atoms with Crippen molar-refractivity contribution in [1.82, 2.24) is 0 Å². The Morgan fingerprint density at radius 2 is 2.09 bits per heavy atom. The molecule has 0 fully saturated rings. The van der Waals surface area contributed by atoms with Crippen LogP contribution in [0.5, 0.6) is 0 Å². The fourth-order valence-corrected chi connectivity index (χ4v) is 1.11. The molecule has 1 atom stereocenters. The molecule has 0 aromatic carbocycles. The molecule has 0 aliphatic heterocycles. The van der Waals surface area contributed by atoms with Crippen molar-refractivity contribution in [2.45, 2.75) is 32.3 Å². The molecule has 0 radical (unpaired) electrons. The molecule has 0 heterocycles. The van der Waals surface area contributed by atoms with E-state index in [1.54, 1.807) is 6.92 Å². The SMILES string of the molecule is CC1=C(O)C(=O)C(C)(O)CC1. The standard InChI is InChI=1S/C8H12O3/c1-5-3-4-8(2,11)7(10)6(5)9/h9,11H,3-4H2,1-2H3. The topological polar surface area (TPSA) is 57.5 Å². The second kappa shape index (κ2) is 2.34. The van der Waals surface area contributed by atoms with Gasteiger partial charge in [0.2, 0.25) is 5.78 Å². The largest absolute Gasteiger partial charge is 0.504 e. The van der Waals surface area contributed by atoms with Gasteiger partial charge in [-0.25, -0.2) is 0 Å². The van der Waals surface area contributed by atoms with Crippen LogP contribution in [0.2, 0.25) is 0 Å². The normalized spacial score (nSPS) is 32.8. The van der Waals surface area contributed by atoms with Gasteiger partial charge in [0.15, 0.2) is 5.76 Å². The van der Waals surface area contributed by atoms with Gasteiger partial charge in [0.1, 0.15) is 5.60 Å². The summed E-state index contributed by atoms with van der Waals surface area (Å²) in [5.41, 5.74) is -0.689. The predicted molar refractivity (Wildman–Crippen MR) is 40.2 cm³/mol. The Kier molecular flexibility index (Phi) is 1.76. The number of aliphatic hydroxyl groups is 2. The quantitative estimate of drug-likeness (QED) is 0.548. The maximum atomic E-state index is 11.1. The van der Waals surface area contributed by atoms with Crippen LogP contribution in [0.25, 0.3) is 0 Å². The number of carbonyl (C=O) groups is 1. The lowest BCUT2D eigenvalue weighted by Crippen LogP contribution is -2.39. The Morgan fingerprint density at radius 1 is 1.55 bits per heavy atom. The first-order valence-corrected chi connectivity index (χ1v) is 3.61. The molecule has 1 rings (SSSR count). The lowest BCUT2D eigenvalue weighted by Gasteiger charge is -2.26. The zero-order chi connectivity index (χ0) is 8.65. The molecule has 3 nitrogen and oxygen atoms in total. The van der Waals surface area contributed by atoms with Crippen LogP contribution in [0, 0.1) is 0 Å². The molecule has 3 heteroatoms. The molecule has 0 bridgehead atoms. The summed E-state index contributed by atoms with van der Waals surface area (Å²) in [5, 5.41) is 18.5. The van der Waals surface area contributed by atoms with Crippen LogP contribution >= 0.6 is 0 Å². The van der Waals surface area contributed by atoms with Crippen molar-refractivity contribution in [2.75, 3.05) is 0 Å². The summed E-state index contributed by atoms with van der Waals surface area (Å²) in [4.78, 5) is 11.1. The second-order valence-corrected chi connectivity index (χ2v) is 3.23. The van der Waals surface area contributed by atoms with Crippen LogP contribution in [0.3, 0.4) is 0 Å². The molecule has 0 aromatic rings. The van der Waals surface area contributed by atoms with Crippen molar-refractivity contribution in [2.24, 2.45) is 0 Å². The van der Waals surface area contributed by atoms with E-state index in [-0.39, 0.29) is 5.76 Å². The number of ketones is 1. The first-order chi connectivity index (χ1) is 4.95. The van der Waals surface area contributed by atoms with Crippen molar-refractivity contribution in [3.05, 3.63) is 11.3 Å². The summed E-state index contributed by atoms with van der Waals surface area (Å²) in [6, 6.07) is 0. The van der Waals surface area contributed by atoms with Crippen LogP contribution in [0.15, 0.2) is 11.3 Å². The average molecular weight is 156 g/mol. The van der Waals surface area contributed by atoms with Gasteiger partial charge in [-0.1, -0.05) is 0 Å². The number of aliphatic hydroxyl groups excluding tert-OH is 1. The Balaban J connectivity index is 3.00. The van der Waals surface area contributed by atoms with Gasteiger partial charge in [-0.2, -0.15) is 0 Å². The molecule has 1 aliphatic rings. The van der Waals surface area contributed by atoms with E-state index in [0.717, 1.165) is 0 Å². The summed E-state index contributed by atoms with van der Waals surface area (Å²) in [5.74, 6) is -0.817. The molecule has 62 valence electrons. The van der Waals surface area contributed by atoms with Gasteiger partial charge < -0.3 is 10.2 Å². The van der Waals surface area contributed by atoms with Crippen molar-refractivity contribution < 1.29 is 15.0 Å². The highest BCUT2D eigenvalue weighted by molar-refractivity contribution is 6.00. The zero-order valence-electron chi connectivity index (χ0n) is 6.72. The molecular weight excluding hydrogens is 144 g/mol. The number of Topliss-reactive ketones (excluding diaryl/α,β-unsaturated/α-hetero) is 1. The van der Waals surface area contributed by atoms with Crippen LogP contribution < -0.4 is 0 Å². The van der Waals surface area contributed by atoms with Crippen molar-refractivity contribution in [3.8, 4) is 0 Å². The highest BCUT2D eigenvalue weighted by Gasteiger charge is 2.36. The molecule has 11 heavy (non-hydrogen) atoms. The number of carbonyl (C=O) groups excluding carboxylic acids is 1. The van der Waals surface area contributed by atoms with Gasteiger partial charge >= 0.3 is 0 Å². The van der Waals surface area contributed by atoms with Crippen molar-refractivity contribution >= 4 is 5.78 Å². The lowest BCUT2D eigenvalue weighted by atomic mass is 9.85. The van der Waals surface area contributed by atoms with Crippen LogP contribution in [0.4, 0.5) is 0 Å². The molecule has 1 unspecified atom stereocenters. The number of hydrogen-bond acceptors (Lipinski definition) is 3. The molecule has 0 amide bonds. The zero-order valence-corrected chi connectivity index (χ0v) is 6.72. The maximum Gasteiger partial charge on any atom is 0.228 e. The minimum Gasteiger partial charge on any atom is -0.504 e. The van der Waals surface area contributed by atoms with Gasteiger partial charge in [0.25, 0.3) is 0 Å². The Labute approximate surface area is 65.3 Å². The van der Waals surface area contributed by atoms with E-state index in [9.17, 15) is 9.90 Å². The van der Waals surface area contributed by atoms with Crippen molar-refractivity contribution in [1.29, 1.82) is 0 Å². The van der Waals surface area contributed by atoms with Crippen molar-refractivity contribution in [3.63, 3.8) is 0 Å². The third kappa shape index (κ3) is 1.28. The summed E-state index contributed by atoms with van der Waals surface area (Å²) in [6.07, 6.45) is 0.992. The van der Waals surface area contributed by atoms with E-state index >= 15 is 0 Å². The third-order valence-corrected chi connectivity index (χ3v) is 2.10. The minimum absolute atomic E-state index is 0.263. The van der Waals surface area contributed by atoms with E-state index < -0.39 is 11.4 Å². The van der Waals surface area contributed by atoms with Gasteiger partial charge in [-0.15, -0.1) is 0 Å². The molecule has 0 saturated carbocycles. The number of hydrogen-bond donors (Lipinski definition) is 2. The maximum absolute atomic E-state index is 11.1. The molecular formula is C8H12O3. The van der Waals surface area contributed by atoms with E-state index in [1.165, 1.54) is 6.92 Å². The summed E-state index contributed by atoms with van der Waals surface area (Å²) >= 11 is 0. The number of rotatable bonds is 0. The third-order valence-electron chi connectivity index (χ3n) is 2.10. The van der Waals surface area contributed by atoms with Gasteiger partial charge in [0.05, 0.1) is 0 Å². The van der Waals surface area contributed by atoms with E-state index in [2.05, 4.69) is 0 Å². The monoisotopic (exact) mass is 156 g/mol. The molecule has 0 saturated heterocycles. The first-order valence-electron chi connectivity index (χ1n) is 3.61. The Bertz CT molecular complexity index is 225. The lowest BCUT2D eigenvalue weighted by molar-refractivity contribution is -0.136. The highest BCUT2D eigenvalue weighted by atomic mass is 16.3.